The van der Waals surface area contributed by atoms with Crippen LogP contribution in [0.15, 0.2) is 12.1 Å². The van der Waals surface area contributed by atoms with E-state index in [4.69, 9.17) is 39.8 Å². The second kappa shape index (κ2) is 5.90. The van der Waals surface area contributed by atoms with Gasteiger partial charge in [-0.25, -0.2) is 0 Å². The van der Waals surface area contributed by atoms with Gasteiger partial charge < -0.3 is 21.9 Å². The first kappa shape index (κ1) is 14.6. The van der Waals surface area contributed by atoms with Gasteiger partial charge in [-0.2, -0.15) is 0 Å². The molecule has 18 heavy (non-hydrogen) atoms. The van der Waals surface area contributed by atoms with Crippen LogP contribution in [0.5, 0.6) is 0 Å². The maximum absolute atomic E-state index is 11.7. The van der Waals surface area contributed by atoms with Crippen molar-refractivity contribution in [2.75, 3.05) is 12.3 Å². The highest BCUT2D eigenvalue weighted by Crippen LogP contribution is 2.28. The minimum absolute atomic E-state index is 0.142. The van der Waals surface area contributed by atoms with Gasteiger partial charge in [0.25, 0.3) is 5.91 Å². The molecule has 0 spiro atoms. The molecule has 1 rings (SSSR count). The molecule has 1 atom stereocenters. The van der Waals surface area contributed by atoms with Crippen molar-refractivity contribution in [1.29, 1.82) is 0 Å². The minimum atomic E-state index is -1.45. The summed E-state index contributed by atoms with van der Waals surface area (Å²) >= 11 is 11.5. The van der Waals surface area contributed by atoms with E-state index in [9.17, 15) is 9.59 Å². The number of aliphatic hydroxyl groups excluding tert-OH is 1. The van der Waals surface area contributed by atoms with Crippen molar-refractivity contribution in [3.63, 3.8) is 0 Å². The molecular weight excluding hydrogens is 281 g/mol. The predicted molar refractivity (Wildman–Crippen MR) is 68.4 cm³/mol. The van der Waals surface area contributed by atoms with Crippen LogP contribution >= 0.6 is 23.2 Å². The molecule has 0 aliphatic heterocycles. The van der Waals surface area contributed by atoms with Crippen LogP contribution in [-0.4, -0.2) is 29.6 Å². The molecule has 0 aliphatic rings. The third kappa shape index (κ3) is 3.49. The normalized spacial score (nSPS) is 11.9. The molecule has 1 aromatic carbocycles. The maximum Gasteiger partial charge on any atom is 0.251 e. The molecule has 2 amide bonds. The lowest BCUT2D eigenvalue weighted by atomic mass is 10.2. The van der Waals surface area contributed by atoms with Crippen molar-refractivity contribution in [2.24, 2.45) is 5.73 Å². The molecule has 1 unspecified atom stereocenters. The van der Waals surface area contributed by atoms with Gasteiger partial charge in [-0.1, -0.05) is 23.2 Å². The fourth-order valence-electron chi connectivity index (χ4n) is 1.11. The van der Waals surface area contributed by atoms with Gasteiger partial charge in [-0.3, -0.25) is 9.59 Å². The summed E-state index contributed by atoms with van der Waals surface area (Å²) in [5.41, 5.74) is 10.7. The van der Waals surface area contributed by atoms with Crippen molar-refractivity contribution in [1.82, 2.24) is 5.32 Å². The summed E-state index contributed by atoms with van der Waals surface area (Å²) in [5.74, 6) is -1.48. The Morgan fingerprint density at radius 1 is 1.33 bits per heavy atom. The molecule has 0 bridgehead atoms. The Bertz CT molecular complexity index is 470. The summed E-state index contributed by atoms with van der Waals surface area (Å²) in [7, 11) is 0. The summed E-state index contributed by atoms with van der Waals surface area (Å²) in [5, 5.41) is 11.7. The van der Waals surface area contributed by atoms with Crippen LogP contribution in [0.4, 0.5) is 5.69 Å². The molecule has 0 aliphatic carbocycles. The number of nitrogens with two attached hydrogens (primary N) is 2. The number of anilines is 1. The molecule has 0 radical (unpaired) electrons. The average molecular weight is 292 g/mol. The zero-order valence-electron chi connectivity index (χ0n) is 9.11. The highest BCUT2D eigenvalue weighted by molar-refractivity contribution is 6.39. The topological polar surface area (TPSA) is 118 Å². The van der Waals surface area contributed by atoms with Gasteiger partial charge in [-0.05, 0) is 12.1 Å². The monoisotopic (exact) mass is 291 g/mol. The van der Waals surface area contributed by atoms with E-state index in [0.29, 0.717) is 0 Å². The van der Waals surface area contributed by atoms with Crippen molar-refractivity contribution in [3.05, 3.63) is 27.7 Å². The van der Waals surface area contributed by atoms with Crippen molar-refractivity contribution in [2.45, 2.75) is 6.10 Å². The van der Waals surface area contributed by atoms with Gasteiger partial charge in [0.15, 0.2) is 0 Å². The van der Waals surface area contributed by atoms with Crippen LogP contribution in [0.3, 0.4) is 0 Å². The first-order chi connectivity index (χ1) is 8.32. The van der Waals surface area contributed by atoms with Crippen LogP contribution in [0.25, 0.3) is 0 Å². The summed E-state index contributed by atoms with van der Waals surface area (Å²) in [4.78, 5) is 22.2. The number of nitrogens with one attached hydrogen (secondary N) is 1. The highest BCUT2D eigenvalue weighted by atomic mass is 35.5. The van der Waals surface area contributed by atoms with Crippen LogP contribution in [-0.2, 0) is 4.79 Å². The van der Waals surface area contributed by atoms with Crippen LogP contribution in [0.2, 0.25) is 10.0 Å². The van der Waals surface area contributed by atoms with E-state index in [1.54, 1.807) is 0 Å². The Morgan fingerprint density at radius 3 is 2.28 bits per heavy atom. The number of hydrogen-bond acceptors (Lipinski definition) is 4. The van der Waals surface area contributed by atoms with Gasteiger partial charge in [0.1, 0.15) is 6.10 Å². The van der Waals surface area contributed by atoms with E-state index >= 15 is 0 Å². The van der Waals surface area contributed by atoms with Gasteiger partial charge >= 0.3 is 0 Å². The van der Waals surface area contributed by atoms with E-state index in [1.807, 2.05) is 0 Å². The molecule has 1 aromatic rings. The molecule has 0 saturated carbocycles. The zero-order valence-corrected chi connectivity index (χ0v) is 10.6. The van der Waals surface area contributed by atoms with Gasteiger partial charge in [-0.15, -0.1) is 0 Å². The minimum Gasteiger partial charge on any atom is -0.396 e. The molecular formula is C10H11Cl2N3O3. The second-order valence-corrected chi connectivity index (χ2v) is 4.30. The lowest BCUT2D eigenvalue weighted by Gasteiger charge is -2.10. The molecule has 0 saturated heterocycles. The number of carbonyl (C=O) groups is 2. The first-order valence-electron chi connectivity index (χ1n) is 4.83. The average Bonchev–Trinajstić information content (AvgIpc) is 2.31. The summed E-state index contributed by atoms with van der Waals surface area (Å²) in [6, 6.07) is 2.66. The van der Waals surface area contributed by atoms with Crippen molar-refractivity contribution in [3.8, 4) is 0 Å². The van der Waals surface area contributed by atoms with E-state index in [1.165, 1.54) is 12.1 Å². The lowest BCUT2D eigenvalue weighted by molar-refractivity contribution is -0.125. The van der Waals surface area contributed by atoms with E-state index < -0.39 is 17.9 Å². The van der Waals surface area contributed by atoms with Crippen molar-refractivity contribution < 1.29 is 14.7 Å². The standard InChI is InChI=1S/C10H11Cl2N3O3/c11-5-1-4(2-6(12)8(5)13)10(18)15-3-7(16)9(14)17/h1-2,7,16H,3,13H2,(H2,14,17)(H,15,18). The molecule has 6 N–H and O–H groups in total. The molecule has 8 heteroatoms. The maximum atomic E-state index is 11.7. The van der Waals surface area contributed by atoms with E-state index in [-0.39, 0.29) is 27.8 Å². The number of amides is 2. The van der Waals surface area contributed by atoms with Gasteiger partial charge in [0, 0.05) is 5.56 Å². The quantitative estimate of drug-likeness (QED) is 0.591. The van der Waals surface area contributed by atoms with Gasteiger partial charge in [0.2, 0.25) is 5.91 Å². The summed E-state index contributed by atoms with van der Waals surface area (Å²) in [6.45, 7) is -0.298. The van der Waals surface area contributed by atoms with Crippen LogP contribution in [0.1, 0.15) is 10.4 Å². The summed E-state index contributed by atoms with van der Waals surface area (Å²) < 4.78 is 0. The number of nitrogen functional groups attached to an aromatic ring is 1. The number of benzene rings is 1. The molecule has 0 fully saturated rings. The lowest BCUT2D eigenvalue weighted by Crippen LogP contribution is -2.39. The second-order valence-electron chi connectivity index (χ2n) is 3.48. The summed E-state index contributed by atoms with van der Waals surface area (Å²) in [6.07, 6.45) is -1.45. The number of hydrogen-bond donors (Lipinski definition) is 4. The van der Waals surface area contributed by atoms with Crippen molar-refractivity contribution >= 4 is 40.7 Å². The van der Waals surface area contributed by atoms with E-state index in [2.05, 4.69) is 5.32 Å². The Morgan fingerprint density at radius 2 is 1.83 bits per heavy atom. The predicted octanol–water partition coefficient (Wildman–Crippen LogP) is 0.152. The van der Waals surface area contributed by atoms with Gasteiger partial charge in [0.05, 0.1) is 22.3 Å². The Balaban J connectivity index is 2.76. The number of aliphatic hydroxyl groups is 1. The zero-order chi connectivity index (χ0) is 13.9. The Hall–Kier alpha value is -1.50. The molecule has 98 valence electrons. The molecule has 6 nitrogen and oxygen atoms in total. The van der Waals surface area contributed by atoms with E-state index in [0.717, 1.165) is 0 Å². The highest BCUT2D eigenvalue weighted by Gasteiger charge is 2.15. The fraction of sp³-hybridized carbons (Fsp3) is 0.200. The fourth-order valence-corrected chi connectivity index (χ4v) is 1.59. The number of rotatable bonds is 4. The molecule has 0 heterocycles. The third-order valence-electron chi connectivity index (χ3n) is 2.13. The first-order valence-corrected chi connectivity index (χ1v) is 5.58. The largest absolute Gasteiger partial charge is 0.396 e. The number of carbonyl (C=O) groups excluding carboxylic acids is 2. The Labute approximate surface area is 113 Å². The molecule has 0 aromatic heterocycles. The van der Waals surface area contributed by atoms with Crippen LogP contribution < -0.4 is 16.8 Å². The smallest absolute Gasteiger partial charge is 0.251 e. The third-order valence-corrected chi connectivity index (χ3v) is 2.75. The number of halogens is 2. The number of primary amides is 1. The SMILES string of the molecule is NC(=O)C(O)CNC(=O)c1cc(Cl)c(N)c(Cl)c1. The Kier molecular flexibility index (Phi) is 4.77. The van der Waals surface area contributed by atoms with Crippen LogP contribution in [0, 0.1) is 0 Å².